The van der Waals surface area contributed by atoms with Crippen LogP contribution in [0.2, 0.25) is 0 Å². The maximum atomic E-state index is 13.3. The first kappa shape index (κ1) is 15.9. The molecule has 1 aliphatic rings. The maximum Gasteiger partial charge on any atom is 0.250 e. The Bertz CT molecular complexity index is 670. The summed E-state index contributed by atoms with van der Waals surface area (Å²) in [7, 11) is -3.72. The van der Waals surface area contributed by atoms with Crippen LogP contribution < -0.4 is 10.3 Å². The van der Waals surface area contributed by atoms with Crippen molar-refractivity contribution >= 4 is 15.7 Å². The van der Waals surface area contributed by atoms with Crippen LogP contribution in [0.5, 0.6) is 0 Å². The first-order chi connectivity index (χ1) is 9.67. The van der Waals surface area contributed by atoms with Crippen molar-refractivity contribution < 1.29 is 17.2 Å². The lowest BCUT2D eigenvalue weighted by atomic mass is 9.88. The molecule has 1 aliphatic carbocycles. The van der Waals surface area contributed by atoms with Gasteiger partial charge in [0.15, 0.2) is 0 Å². The predicted octanol–water partition coefficient (Wildman–Crippen LogP) is 2.25. The largest absolute Gasteiger partial charge is 0.327 e. The Hall–Kier alpha value is -1.44. The lowest BCUT2D eigenvalue weighted by Gasteiger charge is -2.28. The summed E-state index contributed by atoms with van der Waals surface area (Å²) in [5.74, 6) is -3.65. The van der Waals surface area contributed by atoms with Crippen molar-refractivity contribution in [3.63, 3.8) is 0 Å². The van der Waals surface area contributed by atoms with Crippen LogP contribution >= 0.6 is 0 Å². The van der Waals surface area contributed by atoms with Gasteiger partial charge in [-0.1, -0.05) is 0 Å². The van der Waals surface area contributed by atoms with Crippen LogP contribution in [0.3, 0.4) is 0 Å². The molecule has 5 nitrogen and oxygen atoms in total. The summed E-state index contributed by atoms with van der Waals surface area (Å²) < 4.78 is 53.0. The molecule has 0 spiro atoms. The van der Waals surface area contributed by atoms with E-state index in [1.165, 1.54) is 12.3 Å². The van der Waals surface area contributed by atoms with Gasteiger partial charge in [0.05, 0.1) is 11.4 Å². The van der Waals surface area contributed by atoms with E-state index in [0.29, 0.717) is 18.4 Å². The zero-order valence-corrected chi connectivity index (χ0v) is 12.5. The highest BCUT2D eigenvalue weighted by atomic mass is 32.2. The number of aromatic amines is 1. The average Bonchev–Trinajstić information content (AvgIpc) is 2.31. The smallest absolute Gasteiger partial charge is 0.250 e. The van der Waals surface area contributed by atoms with Crippen LogP contribution in [0, 0.1) is 12.8 Å². The fourth-order valence-corrected chi connectivity index (χ4v) is 4.07. The fraction of sp³-hybridized carbons (Fsp3) is 0.615. The lowest BCUT2D eigenvalue weighted by Crippen LogP contribution is -2.32. The van der Waals surface area contributed by atoms with E-state index in [-0.39, 0.29) is 23.4 Å². The van der Waals surface area contributed by atoms with Crippen LogP contribution in [0.15, 0.2) is 17.1 Å². The van der Waals surface area contributed by atoms with Gasteiger partial charge in [-0.25, -0.2) is 17.2 Å². The number of sulfonamides is 1. The molecular weight excluding hydrogens is 302 g/mol. The van der Waals surface area contributed by atoms with Gasteiger partial charge in [-0.15, -0.1) is 0 Å². The number of hydrogen-bond acceptors (Lipinski definition) is 3. The number of halogens is 2. The Balaban J connectivity index is 2.05. The minimum Gasteiger partial charge on any atom is -0.327 e. The summed E-state index contributed by atoms with van der Waals surface area (Å²) >= 11 is 0. The summed E-state index contributed by atoms with van der Waals surface area (Å²) in [4.78, 5) is 13.6. The van der Waals surface area contributed by atoms with Crippen LogP contribution in [0.1, 0.15) is 31.2 Å². The van der Waals surface area contributed by atoms with Crippen molar-refractivity contribution in [1.29, 1.82) is 0 Å². The van der Waals surface area contributed by atoms with Crippen molar-refractivity contribution in [1.82, 2.24) is 4.98 Å². The van der Waals surface area contributed by atoms with E-state index in [1.54, 1.807) is 6.92 Å². The number of rotatable bonds is 4. The zero-order valence-electron chi connectivity index (χ0n) is 11.7. The molecule has 0 saturated heterocycles. The van der Waals surface area contributed by atoms with Crippen molar-refractivity contribution in [2.45, 2.75) is 38.5 Å². The highest BCUT2D eigenvalue weighted by molar-refractivity contribution is 7.92. The van der Waals surface area contributed by atoms with E-state index < -0.39 is 28.3 Å². The Morgan fingerprint density at radius 1 is 1.48 bits per heavy atom. The molecule has 8 heteroatoms. The summed E-state index contributed by atoms with van der Waals surface area (Å²) in [6.45, 7) is 1.55. The second kappa shape index (κ2) is 5.75. The molecule has 1 aromatic heterocycles. The molecule has 0 aromatic carbocycles. The van der Waals surface area contributed by atoms with Crippen LogP contribution in [-0.4, -0.2) is 25.1 Å². The van der Waals surface area contributed by atoms with E-state index in [2.05, 4.69) is 9.71 Å². The van der Waals surface area contributed by atoms with Gasteiger partial charge >= 0.3 is 0 Å². The molecule has 21 heavy (non-hydrogen) atoms. The summed E-state index contributed by atoms with van der Waals surface area (Å²) in [6.07, 6.45) is 1.52. The van der Waals surface area contributed by atoms with Gasteiger partial charge in [-0.3, -0.25) is 9.52 Å². The third-order valence-electron chi connectivity index (χ3n) is 3.56. The summed E-state index contributed by atoms with van der Waals surface area (Å²) in [6, 6.07) is 1.41. The van der Waals surface area contributed by atoms with Crippen molar-refractivity contribution in [2.75, 3.05) is 10.5 Å². The maximum absolute atomic E-state index is 13.3. The molecular formula is C13H18F2N2O3S. The minimum atomic E-state index is -3.72. The molecule has 0 bridgehead atoms. The monoisotopic (exact) mass is 320 g/mol. The molecule has 2 rings (SSSR count). The average molecular weight is 320 g/mol. The highest BCUT2D eigenvalue weighted by Crippen LogP contribution is 2.37. The molecule has 118 valence electrons. The second-order valence-corrected chi connectivity index (χ2v) is 7.37. The van der Waals surface area contributed by atoms with E-state index in [9.17, 15) is 22.0 Å². The molecule has 0 unspecified atom stereocenters. The number of hydrogen-bond donors (Lipinski definition) is 2. The number of aromatic nitrogens is 1. The Kier molecular flexibility index (Phi) is 4.36. The number of nitrogens with one attached hydrogen (secondary N) is 2. The third kappa shape index (κ3) is 4.52. The minimum absolute atomic E-state index is 0.171. The second-order valence-electron chi connectivity index (χ2n) is 5.60. The Labute approximate surface area is 121 Å². The number of aryl methyl sites for hydroxylation is 1. The van der Waals surface area contributed by atoms with E-state index in [1.807, 2.05) is 0 Å². The first-order valence-electron chi connectivity index (χ1n) is 6.74. The first-order valence-corrected chi connectivity index (χ1v) is 8.40. The fourth-order valence-electron chi connectivity index (χ4n) is 2.61. The van der Waals surface area contributed by atoms with Crippen LogP contribution in [-0.2, 0) is 10.0 Å². The summed E-state index contributed by atoms with van der Waals surface area (Å²) in [5.41, 5.74) is 0.305. The lowest BCUT2D eigenvalue weighted by molar-refractivity contribution is -0.0488. The summed E-state index contributed by atoms with van der Waals surface area (Å²) in [5, 5.41) is 0. The molecule has 2 N–H and O–H groups in total. The van der Waals surface area contributed by atoms with Gasteiger partial charge in [0.2, 0.25) is 15.9 Å². The third-order valence-corrected chi connectivity index (χ3v) is 5.02. The van der Waals surface area contributed by atoms with Gasteiger partial charge in [0.1, 0.15) is 0 Å². The van der Waals surface area contributed by atoms with Gasteiger partial charge in [-0.05, 0) is 31.7 Å². The molecule has 1 fully saturated rings. The molecule has 1 aromatic rings. The zero-order chi connectivity index (χ0) is 15.7. The van der Waals surface area contributed by atoms with Crippen LogP contribution in [0.4, 0.5) is 14.5 Å². The SMILES string of the molecule is Cc1cc(NS(=O)(=O)C[C@@H]2CCCC(F)(F)C2)c[nH]c1=O. The Morgan fingerprint density at radius 3 is 2.81 bits per heavy atom. The van der Waals surface area contributed by atoms with Crippen molar-refractivity contribution in [3.05, 3.63) is 28.2 Å². The molecule has 1 atom stereocenters. The van der Waals surface area contributed by atoms with E-state index >= 15 is 0 Å². The van der Waals surface area contributed by atoms with E-state index in [4.69, 9.17) is 0 Å². The number of pyridine rings is 1. The van der Waals surface area contributed by atoms with Gasteiger partial charge in [-0.2, -0.15) is 0 Å². The standard InChI is InChI=1S/C13H18F2N2O3S/c1-9-5-11(7-16-12(9)18)17-21(19,20)8-10-3-2-4-13(14,15)6-10/h5,7,10,17H,2-4,6,8H2,1H3,(H,16,18)/t10-/m1/s1. The molecule has 1 saturated carbocycles. The highest BCUT2D eigenvalue weighted by Gasteiger charge is 2.37. The van der Waals surface area contributed by atoms with Crippen LogP contribution in [0.25, 0.3) is 0 Å². The quantitative estimate of drug-likeness (QED) is 0.893. The molecule has 0 amide bonds. The molecule has 0 aliphatic heterocycles. The predicted molar refractivity (Wildman–Crippen MR) is 76.1 cm³/mol. The van der Waals surface area contributed by atoms with Gasteiger partial charge in [0, 0.05) is 24.6 Å². The van der Waals surface area contributed by atoms with E-state index in [0.717, 1.165) is 0 Å². The normalized spacial score (nSPS) is 22.0. The number of alkyl halides is 2. The topological polar surface area (TPSA) is 79.0 Å². The number of H-pyrrole nitrogens is 1. The number of anilines is 1. The van der Waals surface area contributed by atoms with Crippen molar-refractivity contribution in [3.8, 4) is 0 Å². The molecule has 0 radical (unpaired) electrons. The van der Waals surface area contributed by atoms with Crippen molar-refractivity contribution in [2.24, 2.45) is 5.92 Å². The van der Waals surface area contributed by atoms with Gasteiger partial charge in [0.25, 0.3) is 5.56 Å². The Morgan fingerprint density at radius 2 is 2.19 bits per heavy atom. The van der Waals surface area contributed by atoms with Gasteiger partial charge < -0.3 is 4.98 Å². The molecule has 1 heterocycles.